The molecule has 4 amide bonds. The van der Waals surface area contributed by atoms with Gasteiger partial charge < -0.3 is 20.1 Å². The minimum atomic E-state index is -1.16. The minimum absolute atomic E-state index is 0.0852. The molecule has 9 heteroatoms. The van der Waals surface area contributed by atoms with E-state index in [9.17, 15) is 19.2 Å². The fourth-order valence-electron chi connectivity index (χ4n) is 2.11. The van der Waals surface area contributed by atoms with Gasteiger partial charge in [-0.3, -0.25) is 14.9 Å². The third-order valence-corrected chi connectivity index (χ3v) is 3.21. The molecule has 110 valence electrons. The number of morpholine rings is 1. The Balaban J connectivity index is 1.98. The van der Waals surface area contributed by atoms with Crippen LogP contribution in [0.3, 0.4) is 0 Å². The van der Waals surface area contributed by atoms with Gasteiger partial charge in [-0.2, -0.15) is 0 Å². The van der Waals surface area contributed by atoms with E-state index in [-0.39, 0.29) is 38.5 Å². The molecule has 0 aromatic heterocycles. The van der Waals surface area contributed by atoms with Crippen LogP contribution in [0.4, 0.5) is 4.79 Å². The number of carbonyl (C=O) groups excluding carboxylic acids is 3. The molecule has 2 unspecified atom stereocenters. The lowest BCUT2D eigenvalue weighted by molar-refractivity contribution is -0.147. The molecule has 0 spiro atoms. The monoisotopic (exact) mass is 285 g/mol. The Kier molecular flexibility index (Phi) is 4.18. The number of amides is 4. The summed E-state index contributed by atoms with van der Waals surface area (Å²) in [5, 5.41) is 13.6. The lowest BCUT2D eigenvalue weighted by Gasteiger charge is -2.34. The molecule has 2 heterocycles. The number of carboxylic acid groups (broad SMARTS) is 1. The Morgan fingerprint density at radius 2 is 2.15 bits per heavy atom. The van der Waals surface area contributed by atoms with E-state index in [4.69, 9.17) is 9.84 Å². The van der Waals surface area contributed by atoms with Gasteiger partial charge in [0.25, 0.3) is 0 Å². The number of urea groups is 1. The Hall–Kier alpha value is -2.16. The van der Waals surface area contributed by atoms with Crippen LogP contribution in [0.15, 0.2) is 0 Å². The van der Waals surface area contributed by atoms with Gasteiger partial charge in [0.15, 0.2) is 6.04 Å². The van der Waals surface area contributed by atoms with Gasteiger partial charge in [0.1, 0.15) is 6.04 Å². The maximum Gasteiger partial charge on any atom is 0.328 e. The van der Waals surface area contributed by atoms with Crippen LogP contribution in [0.1, 0.15) is 12.8 Å². The zero-order chi connectivity index (χ0) is 14.7. The summed E-state index contributed by atoms with van der Waals surface area (Å²) in [6, 6.07) is -2.54. The molecule has 2 fully saturated rings. The summed E-state index contributed by atoms with van der Waals surface area (Å²) in [7, 11) is 0. The Morgan fingerprint density at radius 3 is 2.80 bits per heavy atom. The molecule has 2 rings (SSSR count). The fourth-order valence-corrected chi connectivity index (χ4v) is 2.11. The van der Waals surface area contributed by atoms with Crippen molar-refractivity contribution in [3.8, 4) is 0 Å². The van der Waals surface area contributed by atoms with E-state index in [1.165, 1.54) is 0 Å². The molecular formula is C11H15N3O6. The number of imide groups is 1. The SMILES string of the molecule is O=C1CCC(NC(=O)N2CCOCC2C(=O)O)C(=O)N1. The second-order valence-electron chi connectivity index (χ2n) is 4.58. The minimum Gasteiger partial charge on any atom is -0.480 e. The van der Waals surface area contributed by atoms with Gasteiger partial charge in [0, 0.05) is 13.0 Å². The van der Waals surface area contributed by atoms with Crippen LogP contribution in [0, 0.1) is 0 Å². The zero-order valence-electron chi connectivity index (χ0n) is 10.6. The van der Waals surface area contributed by atoms with Gasteiger partial charge in [-0.1, -0.05) is 0 Å². The number of carboxylic acids is 1. The number of aliphatic carboxylic acids is 1. The van der Waals surface area contributed by atoms with E-state index in [1.807, 2.05) is 0 Å². The summed E-state index contributed by atoms with van der Waals surface area (Å²) < 4.78 is 5.02. The first-order valence-electron chi connectivity index (χ1n) is 6.20. The highest BCUT2D eigenvalue weighted by atomic mass is 16.5. The number of rotatable bonds is 2. The Morgan fingerprint density at radius 1 is 1.40 bits per heavy atom. The van der Waals surface area contributed by atoms with Crippen molar-refractivity contribution in [1.82, 2.24) is 15.5 Å². The summed E-state index contributed by atoms with van der Waals surface area (Å²) in [4.78, 5) is 46.7. The molecule has 0 aliphatic carbocycles. The van der Waals surface area contributed by atoms with Gasteiger partial charge in [0.2, 0.25) is 11.8 Å². The van der Waals surface area contributed by atoms with Crippen molar-refractivity contribution in [2.75, 3.05) is 19.8 Å². The third-order valence-electron chi connectivity index (χ3n) is 3.21. The lowest BCUT2D eigenvalue weighted by Crippen LogP contribution is -2.60. The number of hydrogen-bond donors (Lipinski definition) is 3. The van der Waals surface area contributed by atoms with E-state index in [2.05, 4.69) is 10.6 Å². The average molecular weight is 285 g/mol. The molecule has 3 N–H and O–H groups in total. The van der Waals surface area contributed by atoms with E-state index in [1.54, 1.807) is 0 Å². The lowest BCUT2D eigenvalue weighted by atomic mass is 10.1. The predicted molar refractivity (Wildman–Crippen MR) is 63.7 cm³/mol. The molecule has 0 radical (unpaired) electrons. The second kappa shape index (κ2) is 5.87. The molecular weight excluding hydrogens is 270 g/mol. The highest BCUT2D eigenvalue weighted by molar-refractivity contribution is 6.01. The van der Waals surface area contributed by atoms with Crippen LogP contribution in [-0.4, -0.2) is 65.7 Å². The quantitative estimate of drug-likeness (QED) is 0.519. The first kappa shape index (κ1) is 14.3. The van der Waals surface area contributed by atoms with Crippen molar-refractivity contribution in [1.29, 1.82) is 0 Å². The highest BCUT2D eigenvalue weighted by Gasteiger charge is 2.35. The van der Waals surface area contributed by atoms with Crippen LogP contribution in [0.5, 0.6) is 0 Å². The fraction of sp³-hybridized carbons (Fsp3) is 0.636. The molecule has 0 aromatic carbocycles. The molecule has 9 nitrogen and oxygen atoms in total. The number of hydrogen-bond acceptors (Lipinski definition) is 5. The maximum atomic E-state index is 12.0. The number of nitrogens with one attached hydrogen (secondary N) is 2. The Labute approximate surface area is 114 Å². The van der Waals surface area contributed by atoms with E-state index < -0.39 is 30.0 Å². The summed E-state index contributed by atoms with van der Waals surface area (Å²) in [6.45, 7) is 0.292. The molecule has 2 aliphatic rings. The zero-order valence-corrected chi connectivity index (χ0v) is 10.6. The van der Waals surface area contributed by atoms with Crippen molar-refractivity contribution in [2.24, 2.45) is 0 Å². The van der Waals surface area contributed by atoms with Crippen LogP contribution in [-0.2, 0) is 19.1 Å². The van der Waals surface area contributed by atoms with Crippen LogP contribution < -0.4 is 10.6 Å². The first-order valence-corrected chi connectivity index (χ1v) is 6.20. The molecule has 0 aromatic rings. The van der Waals surface area contributed by atoms with Gasteiger partial charge in [-0.25, -0.2) is 9.59 Å². The molecule has 2 atom stereocenters. The normalized spacial score (nSPS) is 26.9. The topological polar surface area (TPSA) is 125 Å². The standard InChI is InChI=1S/C11H15N3O6/c15-8-2-1-6(9(16)13-8)12-11(19)14-3-4-20-5-7(14)10(17)18/h6-7H,1-5H2,(H,12,19)(H,17,18)(H,13,15,16). The second-order valence-corrected chi connectivity index (χ2v) is 4.58. The number of nitrogens with zero attached hydrogens (tertiary/aromatic N) is 1. The smallest absolute Gasteiger partial charge is 0.328 e. The van der Waals surface area contributed by atoms with Crippen molar-refractivity contribution in [3.63, 3.8) is 0 Å². The highest BCUT2D eigenvalue weighted by Crippen LogP contribution is 2.10. The van der Waals surface area contributed by atoms with Gasteiger partial charge in [-0.05, 0) is 6.42 Å². The number of carbonyl (C=O) groups is 4. The molecule has 0 saturated carbocycles. The molecule has 20 heavy (non-hydrogen) atoms. The van der Waals surface area contributed by atoms with Crippen molar-refractivity contribution in [2.45, 2.75) is 24.9 Å². The van der Waals surface area contributed by atoms with Crippen molar-refractivity contribution < 1.29 is 29.0 Å². The van der Waals surface area contributed by atoms with Crippen molar-refractivity contribution >= 4 is 23.8 Å². The third kappa shape index (κ3) is 3.05. The molecule has 2 saturated heterocycles. The van der Waals surface area contributed by atoms with Crippen LogP contribution in [0.25, 0.3) is 0 Å². The summed E-state index contributed by atoms with van der Waals surface area (Å²) in [5.41, 5.74) is 0. The van der Waals surface area contributed by atoms with Gasteiger partial charge in [-0.15, -0.1) is 0 Å². The number of piperidine rings is 1. The van der Waals surface area contributed by atoms with Crippen LogP contribution in [0.2, 0.25) is 0 Å². The maximum absolute atomic E-state index is 12.0. The summed E-state index contributed by atoms with van der Waals surface area (Å²) >= 11 is 0. The Bertz CT molecular complexity index is 451. The van der Waals surface area contributed by atoms with Gasteiger partial charge >= 0.3 is 12.0 Å². The van der Waals surface area contributed by atoms with E-state index >= 15 is 0 Å². The molecule has 0 bridgehead atoms. The largest absolute Gasteiger partial charge is 0.480 e. The predicted octanol–water partition coefficient (Wildman–Crippen LogP) is -1.71. The van der Waals surface area contributed by atoms with E-state index in [0.717, 1.165) is 4.90 Å². The number of ether oxygens (including phenoxy) is 1. The summed E-state index contributed by atoms with van der Waals surface area (Å²) in [6.07, 6.45) is 0.348. The first-order chi connectivity index (χ1) is 9.49. The van der Waals surface area contributed by atoms with Gasteiger partial charge in [0.05, 0.1) is 13.2 Å². The van der Waals surface area contributed by atoms with Crippen LogP contribution >= 0.6 is 0 Å². The molecule has 2 aliphatic heterocycles. The average Bonchev–Trinajstić information content (AvgIpc) is 2.41. The summed E-state index contributed by atoms with van der Waals surface area (Å²) in [5.74, 6) is -2.12. The van der Waals surface area contributed by atoms with Crippen molar-refractivity contribution in [3.05, 3.63) is 0 Å². The van der Waals surface area contributed by atoms with E-state index in [0.29, 0.717) is 0 Å².